The van der Waals surface area contributed by atoms with Gasteiger partial charge < -0.3 is 19.7 Å². The summed E-state index contributed by atoms with van der Waals surface area (Å²) in [7, 11) is 0. The number of aliphatic hydroxyl groups is 1. The minimum atomic E-state index is -0.885. The maximum atomic E-state index is 11.8. The van der Waals surface area contributed by atoms with Gasteiger partial charge in [-0.25, -0.2) is 0 Å². The number of carboxylic acid groups (broad SMARTS) is 1. The van der Waals surface area contributed by atoms with Crippen LogP contribution in [0.15, 0.2) is 0 Å². The molecule has 5 nitrogen and oxygen atoms in total. The summed E-state index contributed by atoms with van der Waals surface area (Å²) in [6.45, 7) is 5.12. The van der Waals surface area contributed by atoms with Crippen LogP contribution in [0.3, 0.4) is 0 Å². The first-order valence-electron chi connectivity index (χ1n) is 13.8. The normalized spacial score (nSPS) is 19.5. The predicted molar refractivity (Wildman–Crippen MR) is 131 cm³/mol. The summed E-state index contributed by atoms with van der Waals surface area (Å²) < 4.78 is 12.0. The second-order valence-electron chi connectivity index (χ2n) is 9.77. The summed E-state index contributed by atoms with van der Waals surface area (Å²) >= 11 is 0. The second-order valence-corrected chi connectivity index (χ2v) is 9.77. The van der Waals surface area contributed by atoms with Gasteiger partial charge in [0.05, 0.1) is 18.1 Å². The van der Waals surface area contributed by atoms with Crippen molar-refractivity contribution in [1.82, 2.24) is 0 Å². The van der Waals surface area contributed by atoms with E-state index in [2.05, 4.69) is 13.8 Å². The number of carboxylic acids is 1. The molecule has 0 saturated carbocycles. The molecule has 1 heterocycles. The van der Waals surface area contributed by atoms with Crippen LogP contribution in [0.4, 0.5) is 0 Å². The average Bonchev–Trinajstić information content (AvgIpc) is 2.78. The molecule has 5 heteroatoms. The van der Waals surface area contributed by atoms with E-state index in [-0.39, 0.29) is 12.4 Å². The lowest BCUT2D eigenvalue weighted by molar-refractivity contribution is -0.196. The Labute approximate surface area is 197 Å². The van der Waals surface area contributed by atoms with Crippen LogP contribution in [0.5, 0.6) is 0 Å². The maximum Gasteiger partial charge on any atom is 0.309 e. The first kappa shape index (κ1) is 29.4. The van der Waals surface area contributed by atoms with E-state index < -0.39 is 18.0 Å². The minimum absolute atomic E-state index is 0.129. The molecule has 0 bridgehead atoms. The zero-order chi connectivity index (χ0) is 23.4. The predicted octanol–water partition coefficient (Wildman–Crippen LogP) is 7.24. The van der Waals surface area contributed by atoms with E-state index in [1.165, 1.54) is 51.4 Å². The highest BCUT2D eigenvalue weighted by Gasteiger charge is 2.30. The lowest BCUT2D eigenvalue weighted by atomic mass is 9.90. The molecule has 0 aliphatic carbocycles. The Kier molecular flexibility index (Phi) is 18.2. The number of ether oxygens (including phenoxy) is 2. The fraction of sp³-hybridized carbons (Fsp3) is 0.963. The zero-order valence-electron chi connectivity index (χ0n) is 21.1. The summed E-state index contributed by atoms with van der Waals surface area (Å²) in [5, 5.41) is 20.4. The first-order valence-corrected chi connectivity index (χ1v) is 13.8. The lowest BCUT2D eigenvalue weighted by Crippen LogP contribution is -2.35. The molecule has 1 fully saturated rings. The molecule has 190 valence electrons. The Morgan fingerprint density at radius 1 is 0.875 bits per heavy atom. The highest BCUT2D eigenvalue weighted by Crippen LogP contribution is 2.25. The van der Waals surface area contributed by atoms with Crippen molar-refractivity contribution >= 4 is 5.97 Å². The first-order chi connectivity index (χ1) is 15.6. The van der Waals surface area contributed by atoms with Crippen LogP contribution in [0.2, 0.25) is 0 Å². The van der Waals surface area contributed by atoms with E-state index in [0.29, 0.717) is 12.8 Å². The Bertz CT molecular complexity index is 436. The van der Waals surface area contributed by atoms with Gasteiger partial charge in [0.25, 0.3) is 0 Å². The van der Waals surface area contributed by atoms with Crippen molar-refractivity contribution in [3.8, 4) is 0 Å². The standard InChI is InChI=1S/C27H52O5/c1-3-5-7-9-10-11-12-13-14-18-23(32-26-20-16-17-21-31-26)22-25(28)24(27(29)30)19-15-8-6-4-2/h23-26,28H,3-22H2,1-2H3,(H,29,30)/t23-,24+,25+,26?/m1/s1. The van der Waals surface area contributed by atoms with E-state index in [0.717, 1.165) is 64.4 Å². The van der Waals surface area contributed by atoms with Gasteiger partial charge in [-0.1, -0.05) is 97.3 Å². The number of hydrogen-bond donors (Lipinski definition) is 2. The SMILES string of the molecule is CCCCCCCCCCC[C@H](C[C@H](O)[C@H](CCCCCC)C(=O)O)OC1CCCCO1. The number of rotatable bonds is 21. The van der Waals surface area contributed by atoms with Gasteiger partial charge >= 0.3 is 5.97 Å². The van der Waals surface area contributed by atoms with Crippen molar-refractivity contribution in [3.05, 3.63) is 0 Å². The fourth-order valence-corrected chi connectivity index (χ4v) is 4.66. The molecule has 0 amide bonds. The molecule has 1 unspecified atom stereocenters. The molecule has 0 radical (unpaired) electrons. The van der Waals surface area contributed by atoms with Gasteiger partial charge in [0.1, 0.15) is 0 Å². The van der Waals surface area contributed by atoms with Crippen molar-refractivity contribution in [2.24, 2.45) is 5.92 Å². The highest BCUT2D eigenvalue weighted by molar-refractivity contribution is 5.70. The molecule has 1 aliphatic rings. The van der Waals surface area contributed by atoms with Gasteiger partial charge in [-0.3, -0.25) is 4.79 Å². The monoisotopic (exact) mass is 456 g/mol. The van der Waals surface area contributed by atoms with E-state index in [1.807, 2.05) is 0 Å². The van der Waals surface area contributed by atoms with Gasteiger partial charge in [0.15, 0.2) is 6.29 Å². The van der Waals surface area contributed by atoms with E-state index >= 15 is 0 Å². The zero-order valence-corrected chi connectivity index (χ0v) is 21.1. The topological polar surface area (TPSA) is 76.0 Å². The summed E-state index contributed by atoms with van der Waals surface area (Å²) in [6.07, 6.45) is 19.3. The van der Waals surface area contributed by atoms with E-state index in [1.54, 1.807) is 0 Å². The van der Waals surface area contributed by atoms with E-state index in [9.17, 15) is 15.0 Å². The molecule has 1 rings (SSSR count). The third-order valence-electron chi connectivity index (χ3n) is 6.77. The molecule has 1 saturated heterocycles. The Morgan fingerprint density at radius 2 is 1.44 bits per heavy atom. The molecule has 1 aliphatic heterocycles. The molecule has 2 N–H and O–H groups in total. The molecule has 0 spiro atoms. The summed E-state index contributed by atoms with van der Waals surface area (Å²) in [5.41, 5.74) is 0. The van der Waals surface area contributed by atoms with Crippen molar-refractivity contribution < 1.29 is 24.5 Å². The fourth-order valence-electron chi connectivity index (χ4n) is 4.66. The van der Waals surface area contributed by atoms with Gasteiger partial charge in [0.2, 0.25) is 0 Å². The molecule has 0 aromatic heterocycles. The van der Waals surface area contributed by atoms with Gasteiger partial charge in [-0.05, 0) is 32.1 Å². The Morgan fingerprint density at radius 3 is 2.00 bits per heavy atom. The van der Waals surface area contributed by atoms with E-state index in [4.69, 9.17) is 9.47 Å². The third-order valence-corrected chi connectivity index (χ3v) is 6.77. The number of hydrogen-bond acceptors (Lipinski definition) is 4. The summed E-state index contributed by atoms with van der Waals surface area (Å²) in [5.74, 6) is -1.59. The second kappa shape index (κ2) is 19.8. The minimum Gasteiger partial charge on any atom is -0.481 e. The number of aliphatic carboxylic acids is 1. The molecule has 0 aromatic carbocycles. The van der Waals surface area contributed by atoms with Crippen LogP contribution in [0.1, 0.15) is 136 Å². The van der Waals surface area contributed by atoms with Gasteiger partial charge in [-0.15, -0.1) is 0 Å². The largest absolute Gasteiger partial charge is 0.481 e. The van der Waals surface area contributed by atoms with Crippen molar-refractivity contribution in [3.63, 3.8) is 0 Å². The molecule has 32 heavy (non-hydrogen) atoms. The van der Waals surface area contributed by atoms with Crippen molar-refractivity contribution in [2.45, 2.75) is 154 Å². The van der Waals surface area contributed by atoms with Crippen LogP contribution in [0.25, 0.3) is 0 Å². The Hall–Kier alpha value is -0.650. The molecular weight excluding hydrogens is 404 g/mol. The molecule has 4 atom stereocenters. The summed E-state index contributed by atoms with van der Waals surface area (Å²) in [4.78, 5) is 11.8. The van der Waals surface area contributed by atoms with Crippen LogP contribution < -0.4 is 0 Å². The highest BCUT2D eigenvalue weighted by atomic mass is 16.7. The smallest absolute Gasteiger partial charge is 0.309 e. The van der Waals surface area contributed by atoms with Crippen LogP contribution in [0, 0.1) is 5.92 Å². The third kappa shape index (κ3) is 14.5. The number of unbranched alkanes of at least 4 members (excludes halogenated alkanes) is 11. The summed E-state index contributed by atoms with van der Waals surface area (Å²) in [6, 6.07) is 0. The maximum absolute atomic E-state index is 11.8. The van der Waals surface area contributed by atoms with Crippen LogP contribution in [-0.2, 0) is 14.3 Å². The number of carbonyl (C=O) groups is 1. The lowest BCUT2D eigenvalue weighted by Gasteiger charge is -2.30. The molecule has 0 aromatic rings. The Balaban J connectivity index is 2.44. The van der Waals surface area contributed by atoms with Crippen molar-refractivity contribution in [2.75, 3.05) is 6.61 Å². The quantitative estimate of drug-likeness (QED) is 0.178. The van der Waals surface area contributed by atoms with Crippen LogP contribution >= 0.6 is 0 Å². The van der Waals surface area contributed by atoms with Gasteiger partial charge in [-0.2, -0.15) is 0 Å². The van der Waals surface area contributed by atoms with Gasteiger partial charge in [0, 0.05) is 13.0 Å². The molecular formula is C27H52O5. The van der Waals surface area contributed by atoms with Crippen molar-refractivity contribution in [1.29, 1.82) is 0 Å². The average molecular weight is 457 g/mol. The van der Waals surface area contributed by atoms with Crippen LogP contribution in [-0.4, -0.2) is 41.3 Å². The number of aliphatic hydroxyl groups excluding tert-OH is 1.